The maximum atomic E-state index is 4.29. The molecular weight excluding hydrogens is 210 g/mol. The molecule has 17 heavy (non-hydrogen) atoms. The van der Waals surface area contributed by atoms with Crippen molar-refractivity contribution < 1.29 is 0 Å². The van der Waals surface area contributed by atoms with E-state index in [1.165, 1.54) is 37.1 Å². The number of nitrogens with one attached hydrogen (secondary N) is 1. The molecule has 0 radical (unpaired) electrons. The van der Waals surface area contributed by atoms with Crippen LogP contribution >= 0.6 is 0 Å². The van der Waals surface area contributed by atoms with Gasteiger partial charge in [-0.2, -0.15) is 0 Å². The molecule has 1 unspecified atom stereocenters. The first-order chi connectivity index (χ1) is 8.33. The van der Waals surface area contributed by atoms with Crippen molar-refractivity contribution >= 4 is 5.69 Å². The molecule has 1 N–H and O–H groups in total. The molecule has 3 nitrogen and oxygen atoms in total. The molecule has 0 bridgehead atoms. The lowest BCUT2D eigenvalue weighted by molar-refractivity contribution is 0.482. The Morgan fingerprint density at radius 3 is 3.12 bits per heavy atom. The predicted octanol–water partition coefficient (Wildman–Crippen LogP) is 2.57. The number of piperidine rings is 1. The van der Waals surface area contributed by atoms with E-state index in [1.54, 1.807) is 0 Å². The Bertz CT molecular complexity index is 351. The summed E-state index contributed by atoms with van der Waals surface area (Å²) in [7, 11) is 0. The van der Waals surface area contributed by atoms with Crippen molar-refractivity contribution in [2.24, 2.45) is 0 Å². The first-order valence-electron chi connectivity index (χ1n) is 6.73. The summed E-state index contributed by atoms with van der Waals surface area (Å²) in [5, 5.41) is 3.40. The van der Waals surface area contributed by atoms with Crippen molar-refractivity contribution in [2.75, 3.05) is 18.0 Å². The van der Waals surface area contributed by atoms with Crippen molar-refractivity contribution in [3.8, 4) is 0 Å². The minimum absolute atomic E-state index is 0.647. The minimum Gasteiger partial charge on any atom is -0.367 e. The fourth-order valence-electron chi connectivity index (χ4n) is 2.54. The number of hydrogen-bond donors (Lipinski definition) is 1. The molecule has 1 aromatic rings. The van der Waals surface area contributed by atoms with Gasteiger partial charge in [0.1, 0.15) is 0 Å². The molecule has 1 aliphatic rings. The standard InChI is InChI=1S/C14H23N3/c1-3-15-10-13-7-8-16-11-14(13)17-9-5-4-6-12(17)2/h7-8,11-12,15H,3-6,9-10H2,1-2H3. The van der Waals surface area contributed by atoms with Crippen LogP contribution < -0.4 is 10.2 Å². The van der Waals surface area contributed by atoms with Crippen molar-refractivity contribution in [1.82, 2.24) is 10.3 Å². The average molecular weight is 233 g/mol. The van der Waals surface area contributed by atoms with E-state index in [0.29, 0.717) is 6.04 Å². The van der Waals surface area contributed by atoms with Gasteiger partial charge in [-0.25, -0.2) is 0 Å². The number of aromatic nitrogens is 1. The summed E-state index contributed by atoms with van der Waals surface area (Å²) in [6.45, 7) is 7.59. The summed E-state index contributed by atoms with van der Waals surface area (Å²) in [5.74, 6) is 0. The van der Waals surface area contributed by atoms with Crippen LogP contribution in [0.1, 0.15) is 38.7 Å². The van der Waals surface area contributed by atoms with Gasteiger partial charge in [0.25, 0.3) is 0 Å². The largest absolute Gasteiger partial charge is 0.367 e. The summed E-state index contributed by atoms with van der Waals surface area (Å²) in [4.78, 5) is 6.81. The second-order valence-electron chi connectivity index (χ2n) is 4.82. The topological polar surface area (TPSA) is 28.2 Å². The van der Waals surface area contributed by atoms with Gasteiger partial charge in [0.05, 0.1) is 11.9 Å². The highest BCUT2D eigenvalue weighted by Crippen LogP contribution is 2.26. The van der Waals surface area contributed by atoms with E-state index in [2.05, 4.69) is 35.1 Å². The van der Waals surface area contributed by atoms with Crippen LogP contribution in [0, 0.1) is 0 Å². The highest BCUT2D eigenvalue weighted by atomic mass is 15.2. The molecule has 1 atom stereocenters. The predicted molar refractivity (Wildman–Crippen MR) is 72.3 cm³/mol. The third-order valence-electron chi connectivity index (χ3n) is 3.57. The van der Waals surface area contributed by atoms with Crippen LogP contribution in [-0.4, -0.2) is 24.1 Å². The van der Waals surface area contributed by atoms with E-state index in [4.69, 9.17) is 0 Å². The van der Waals surface area contributed by atoms with E-state index in [0.717, 1.165) is 13.1 Å². The second kappa shape index (κ2) is 6.01. The van der Waals surface area contributed by atoms with Crippen molar-refractivity contribution in [1.29, 1.82) is 0 Å². The molecule has 1 saturated heterocycles. The fourth-order valence-corrected chi connectivity index (χ4v) is 2.54. The molecule has 1 aliphatic heterocycles. The Morgan fingerprint density at radius 1 is 1.47 bits per heavy atom. The van der Waals surface area contributed by atoms with Gasteiger partial charge in [-0.05, 0) is 44.4 Å². The highest BCUT2D eigenvalue weighted by molar-refractivity contribution is 5.52. The lowest BCUT2D eigenvalue weighted by Gasteiger charge is -2.36. The van der Waals surface area contributed by atoms with Crippen LogP contribution in [0.4, 0.5) is 5.69 Å². The summed E-state index contributed by atoms with van der Waals surface area (Å²) >= 11 is 0. The van der Waals surface area contributed by atoms with Crippen LogP contribution in [0.3, 0.4) is 0 Å². The molecule has 0 aromatic carbocycles. The van der Waals surface area contributed by atoms with Gasteiger partial charge in [0, 0.05) is 25.3 Å². The van der Waals surface area contributed by atoms with Crippen LogP contribution in [0.2, 0.25) is 0 Å². The fraction of sp³-hybridized carbons (Fsp3) is 0.643. The van der Waals surface area contributed by atoms with Crippen LogP contribution in [0.25, 0.3) is 0 Å². The van der Waals surface area contributed by atoms with E-state index in [1.807, 2.05) is 12.4 Å². The molecule has 0 aliphatic carbocycles. The van der Waals surface area contributed by atoms with Gasteiger partial charge in [-0.15, -0.1) is 0 Å². The Morgan fingerprint density at radius 2 is 2.35 bits per heavy atom. The molecule has 94 valence electrons. The van der Waals surface area contributed by atoms with Crippen molar-refractivity contribution in [3.05, 3.63) is 24.0 Å². The summed E-state index contributed by atoms with van der Waals surface area (Å²) in [6.07, 6.45) is 7.88. The van der Waals surface area contributed by atoms with Crippen molar-refractivity contribution in [3.63, 3.8) is 0 Å². The molecule has 2 heterocycles. The summed E-state index contributed by atoms with van der Waals surface area (Å²) in [6, 6.07) is 2.78. The lowest BCUT2D eigenvalue weighted by Crippen LogP contribution is -2.38. The van der Waals surface area contributed by atoms with Gasteiger partial charge in [-0.3, -0.25) is 4.98 Å². The average Bonchev–Trinajstić information content (AvgIpc) is 2.37. The molecule has 1 aromatic heterocycles. The van der Waals surface area contributed by atoms with Gasteiger partial charge in [0.2, 0.25) is 0 Å². The zero-order chi connectivity index (χ0) is 12.1. The van der Waals surface area contributed by atoms with Gasteiger partial charge in [-0.1, -0.05) is 6.92 Å². The first kappa shape index (κ1) is 12.4. The Hall–Kier alpha value is -1.09. The zero-order valence-electron chi connectivity index (χ0n) is 10.9. The quantitative estimate of drug-likeness (QED) is 0.866. The van der Waals surface area contributed by atoms with Gasteiger partial charge in [0.15, 0.2) is 0 Å². The molecule has 1 fully saturated rings. The van der Waals surface area contributed by atoms with E-state index < -0.39 is 0 Å². The van der Waals surface area contributed by atoms with Crippen LogP contribution in [0.15, 0.2) is 18.5 Å². The van der Waals surface area contributed by atoms with Crippen molar-refractivity contribution in [2.45, 2.75) is 45.7 Å². The molecule has 3 heteroatoms. The van der Waals surface area contributed by atoms with Gasteiger partial charge < -0.3 is 10.2 Å². The molecule has 2 rings (SSSR count). The number of pyridine rings is 1. The summed E-state index contributed by atoms with van der Waals surface area (Å²) < 4.78 is 0. The zero-order valence-corrected chi connectivity index (χ0v) is 10.9. The molecule has 0 amide bonds. The number of hydrogen-bond acceptors (Lipinski definition) is 3. The Balaban J connectivity index is 2.17. The van der Waals surface area contributed by atoms with E-state index in [-0.39, 0.29) is 0 Å². The van der Waals surface area contributed by atoms with Crippen LogP contribution in [0.5, 0.6) is 0 Å². The van der Waals surface area contributed by atoms with E-state index in [9.17, 15) is 0 Å². The first-order valence-corrected chi connectivity index (χ1v) is 6.73. The third kappa shape index (κ3) is 2.97. The smallest absolute Gasteiger partial charge is 0.0600 e. The van der Waals surface area contributed by atoms with Crippen LogP contribution in [-0.2, 0) is 6.54 Å². The maximum absolute atomic E-state index is 4.29. The second-order valence-corrected chi connectivity index (χ2v) is 4.82. The molecular formula is C14H23N3. The number of nitrogens with zero attached hydrogens (tertiary/aromatic N) is 2. The minimum atomic E-state index is 0.647. The maximum Gasteiger partial charge on any atom is 0.0600 e. The molecule has 0 spiro atoms. The van der Waals surface area contributed by atoms with E-state index >= 15 is 0 Å². The Kier molecular flexibility index (Phi) is 4.37. The molecule has 0 saturated carbocycles. The monoisotopic (exact) mass is 233 g/mol. The normalized spacial score (nSPS) is 20.6. The SMILES string of the molecule is CCNCc1ccncc1N1CCCCC1C. The Labute approximate surface area is 104 Å². The lowest BCUT2D eigenvalue weighted by atomic mass is 10.0. The number of anilines is 1. The highest BCUT2D eigenvalue weighted by Gasteiger charge is 2.20. The van der Waals surface area contributed by atoms with Gasteiger partial charge >= 0.3 is 0 Å². The number of rotatable bonds is 4. The third-order valence-corrected chi connectivity index (χ3v) is 3.57. The summed E-state index contributed by atoms with van der Waals surface area (Å²) in [5.41, 5.74) is 2.69.